The Balaban J connectivity index is 2.87. The lowest BCUT2D eigenvalue weighted by molar-refractivity contribution is -0.129. The van der Waals surface area contributed by atoms with Gasteiger partial charge >= 0.3 is 0 Å². The van der Waals surface area contributed by atoms with Crippen molar-refractivity contribution in [2.24, 2.45) is 0 Å². The molecule has 0 fully saturated rings. The van der Waals surface area contributed by atoms with Gasteiger partial charge in [-0.05, 0) is 13.8 Å². The summed E-state index contributed by atoms with van der Waals surface area (Å²) in [7, 11) is 1.51. The molecule has 1 aromatic rings. The van der Waals surface area contributed by atoms with Crippen molar-refractivity contribution in [1.29, 1.82) is 0 Å². The van der Waals surface area contributed by atoms with Crippen LogP contribution in [0.15, 0.2) is 6.07 Å². The van der Waals surface area contributed by atoms with Crippen molar-refractivity contribution in [3.63, 3.8) is 0 Å². The lowest BCUT2D eigenvalue weighted by atomic mass is 10.2. The molecule has 7 heteroatoms. The smallest absolute Gasteiger partial charge is 0.241 e. The van der Waals surface area contributed by atoms with E-state index in [1.807, 2.05) is 0 Å². The van der Waals surface area contributed by atoms with Gasteiger partial charge in [0.15, 0.2) is 23.3 Å². The Morgan fingerprint density at radius 1 is 1.21 bits per heavy atom. The Hall–Kier alpha value is -1.79. The summed E-state index contributed by atoms with van der Waals surface area (Å²) < 4.78 is 52.4. The number of hydrogen-bond donors (Lipinski definition) is 1. The van der Waals surface area contributed by atoms with Crippen LogP contribution in [0.2, 0.25) is 0 Å². The van der Waals surface area contributed by atoms with Gasteiger partial charge in [-0.25, -0.2) is 17.6 Å². The van der Waals surface area contributed by atoms with Gasteiger partial charge in [0.2, 0.25) is 5.91 Å². The molecule has 106 valence electrons. The molecule has 19 heavy (non-hydrogen) atoms. The fourth-order valence-electron chi connectivity index (χ4n) is 1.31. The monoisotopic (exact) mass is 278 g/mol. The lowest BCUT2D eigenvalue weighted by Gasteiger charge is -2.22. The van der Waals surface area contributed by atoms with Crippen LogP contribution in [0.25, 0.3) is 0 Å². The molecule has 0 aromatic heterocycles. The van der Waals surface area contributed by atoms with E-state index in [1.54, 1.807) is 13.8 Å². The summed E-state index contributed by atoms with van der Waals surface area (Å²) in [6.07, 6.45) is 0. The van der Waals surface area contributed by atoms with Gasteiger partial charge in [-0.3, -0.25) is 4.79 Å². The number of likely N-dealkylation sites (N-methyl/N-ethyl adjacent to an activating group) is 1. The van der Waals surface area contributed by atoms with Crippen LogP contribution in [0.5, 0.6) is 0 Å². The van der Waals surface area contributed by atoms with E-state index in [2.05, 4.69) is 5.32 Å². The third kappa shape index (κ3) is 3.36. The Labute approximate surface area is 108 Å². The van der Waals surface area contributed by atoms with Crippen LogP contribution in [0, 0.1) is 23.3 Å². The van der Waals surface area contributed by atoms with Crippen molar-refractivity contribution in [2.45, 2.75) is 19.9 Å². The summed E-state index contributed by atoms with van der Waals surface area (Å²) >= 11 is 0. The van der Waals surface area contributed by atoms with Crippen molar-refractivity contribution >= 4 is 11.6 Å². The third-order valence-electron chi connectivity index (χ3n) is 2.70. The first-order valence-electron chi connectivity index (χ1n) is 5.58. The number of carbonyl (C=O) groups is 1. The largest absolute Gasteiger partial charge is 0.371 e. The van der Waals surface area contributed by atoms with E-state index in [-0.39, 0.29) is 12.1 Å². The number of amides is 1. The highest BCUT2D eigenvalue weighted by Gasteiger charge is 2.20. The molecule has 0 saturated heterocycles. The normalized spacial score (nSPS) is 10.7. The van der Waals surface area contributed by atoms with Crippen LogP contribution in [0.1, 0.15) is 13.8 Å². The second kappa shape index (κ2) is 5.90. The second-order valence-corrected chi connectivity index (χ2v) is 4.30. The number of carbonyl (C=O) groups excluding carboxylic acids is 1. The quantitative estimate of drug-likeness (QED) is 0.678. The summed E-state index contributed by atoms with van der Waals surface area (Å²) in [5, 5.41) is 2.08. The molecule has 0 saturated carbocycles. The van der Waals surface area contributed by atoms with Gasteiger partial charge in [0.05, 0.1) is 6.54 Å². The first kappa shape index (κ1) is 15.3. The van der Waals surface area contributed by atoms with Crippen LogP contribution >= 0.6 is 0 Å². The maximum Gasteiger partial charge on any atom is 0.241 e. The molecule has 0 aliphatic rings. The zero-order valence-electron chi connectivity index (χ0n) is 10.7. The average molecular weight is 278 g/mol. The number of rotatable bonds is 4. The van der Waals surface area contributed by atoms with Crippen LogP contribution in [0.4, 0.5) is 23.2 Å². The maximum atomic E-state index is 13.3. The van der Waals surface area contributed by atoms with E-state index < -0.39 is 41.4 Å². The lowest BCUT2D eigenvalue weighted by Crippen LogP contribution is -2.37. The summed E-state index contributed by atoms with van der Waals surface area (Å²) in [5.74, 6) is -6.62. The van der Waals surface area contributed by atoms with E-state index in [1.165, 1.54) is 11.9 Å². The molecule has 1 amide bonds. The fraction of sp³-hybridized carbons (Fsp3) is 0.417. The molecule has 0 aliphatic carbocycles. The molecule has 0 atom stereocenters. The second-order valence-electron chi connectivity index (χ2n) is 4.30. The van der Waals surface area contributed by atoms with Gasteiger partial charge in [-0.15, -0.1) is 0 Å². The Morgan fingerprint density at radius 2 is 1.68 bits per heavy atom. The molecule has 0 heterocycles. The molecule has 3 nitrogen and oxygen atoms in total. The SMILES string of the molecule is CC(C)N(C)C(=O)CNc1c(F)c(F)cc(F)c1F. The van der Waals surface area contributed by atoms with Gasteiger partial charge in [-0.2, -0.15) is 0 Å². The highest BCUT2D eigenvalue weighted by Crippen LogP contribution is 2.23. The van der Waals surface area contributed by atoms with Crippen molar-refractivity contribution in [1.82, 2.24) is 4.90 Å². The highest BCUT2D eigenvalue weighted by atomic mass is 19.2. The predicted octanol–water partition coefficient (Wildman–Crippen LogP) is 2.52. The minimum atomic E-state index is -1.56. The number of benzene rings is 1. The van der Waals surface area contributed by atoms with Gasteiger partial charge in [0.1, 0.15) is 5.69 Å². The minimum Gasteiger partial charge on any atom is -0.371 e. The first-order valence-corrected chi connectivity index (χ1v) is 5.58. The van der Waals surface area contributed by atoms with E-state index in [9.17, 15) is 22.4 Å². The minimum absolute atomic E-state index is 0.103. The summed E-state index contributed by atoms with van der Waals surface area (Å²) in [6, 6.07) is 0.00556. The van der Waals surface area contributed by atoms with Gasteiger partial charge in [-0.1, -0.05) is 0 Å². The zero-order valence-corrected chi connectivity index (χ0v) is 10.7. The van der Waals surface area contributed by atoms with Crippen molar-refractivity contribution in [2.75, 3.05) is 18.9 Å². The van der Waals surface area contributed by atoms with Crippen LogP contribution < -0.4 is 5.32 Å². The average Bonchev–Trinajstić information content (AvgIpc) is 2.35. The molecular formula is C12H14F4N2O. The predicted molar refractivity (Wildman–Crippen MR) is 62.7 cm³/mol. The Kier molecular flexibility index (Phi) is 4.74. The van der Waals surface area contributed by atoms with Gasteiger partial charge in [0, 0.05) is 19.2 Å². The molecule has 0 spiro atoms. The fourth-order valence-corrected chi connectivity index (χ4v) is 1.31. The molecule has 1 N–H and O–H groups in total. The molecule has 0 unspecified atom stereocenters. The van der Waals surface area contributed by atoms with Crippen molar-refractivity contribution in [3.8, 4) is 0 Å². The van der Waals surface area contributed by atoms with Crippen LogP contribution in [0.3, 0.4) is 0 Å². The molecule has 1 rings (SSSR count). The number of halogens is 4. The first-order chi connectivity index (χ1) is 8.75. The third-order valence-corrected chi connectivity index (χ3v) is 2.70. The molecule has 0 aliphatic heterocycles. The number of nitrogens with one attached hydrogen (secondary N) is 1. The highest BCUT2D eigenvalue weighted by molar-refractivity contribution is 5.80. The summed E-state index contributed by atoms with van der Waals surface area (Å²) in [6.45, 7) is 3.03. The van der Waals surface area contributed by atoms with Gasteiger partial charge in [0.25, 0.3) is 0 Å². The summed E-state index contributed by atoms with van der Waals surface area (Å²) in [5.41, 5.74) is -0.983. The van der Waals surface area contributed by atoms with E-state index >= 15 is 0 Å². The molecule has 0 radical (unpaired) electrons. The number of nitrogens with zero attached hydrogens (tertiary/aromatic N) is 1. The van der Waals surface area contributed by atoms with Gasteiger partial charge < -0.3 is 10.2 Å². The maximum absolute atomic E-state index is 13.3. The Bertz CT molecular complexity index is 465. The van der Waals surface area contributed by atoms with E-state index in [4.69, 9.17) is 0 Å². The Morgan fingerprint density at radius 3 is 2.11 bits per heavy atom. The topological polar surface area (TPSA) is 32.3 Å². The number of anilines is 1. The number of hydrogen-bond acceptors (Lipinski definition) is 2. The van der Waals surface area contributed by atoms with E-state index in [0.717, 1.165) is 0 Å². The zero-order chi connectivity index (χ0) is 14.7. The van der Waals surface area contributed by atoms with Crippen molar-refractivity contribution < 1.29 is 22.4 Å². The van der Waals surface area contributed by atoms with E-state index in [0.29, 0.717) is 0 Å². The molecule has 1 aromatic carbocycles. The van der Waals surface area contributed by atoms with Crippen molar-refractivity contribution in [3.05, 3.63) is 29.3 Å². The molecule has 0 bridgehead atoms. The standard InChI is InChI=1S/C12H14F4N2O/c1-6(2)18(3)9(19)5-17-12-10(15)7(13)4-8(14)11(12)16/h4,6,17H,5H2,1-3H3. The summed E-state index contributed by atoms with van der Waals surface area (Å²) in [4.78, 5) is 12.9. The van der Waals surface area contributed by atoms with Crippen LogP contribution in [-0.2, 0) is 4.79 Å². The van der Waals surface area contributed by atoms with Crippen LogP contribution in [-0.4, -0.2) is 30.4 Å². The molecular weight excluding hydrogens is 264 g/mol.